The van der Waals surface area contributed by atoms with Crippen molar-refractivity contribution in [1.82, 2.24) is 0 Å². The van der Waals surface area contributed by atoms with Crippen molar-refractivity contribution in [3.8, 4) is 17.1 Å². The molecule has 1 aromatic carbocycles. The molecule has 6 heteroatoms. The fourth-order valence-corrected chi connectivity index (χ4v) is 2.35. The lowest BCUT2D eigenvalue weighted by Crippen LogP contribution is -2.26. The summed E-state index contributed by atoms with van der Waals surface area (Å²) in [5, 5.41) is 0. The predicted octanol–water partition coefficient (Wildman–Crippen LogP) is 3.60. The molecule has 0 aliphatic carbocycles. The van der Waals surface area contributed by atoms with Crippen LogP contribution in [0.2, 0.25) is 0 Å². The predicted molar refractivity (Wildman–Crippen MR) is 73.9 cm³/mol. The molecule has 0 radical (unpaired) electrons. The molecule has 116 valence electrons. The minimum atomic E-state index is -0.800. The Bertz CT molecular complexity index is 652. The van der Waals surface area contributed by atoms with Crippen molar-refractivity contribution < 1.29 is 27.5 Å². The smallest absolute Gasteiger partial charge is 0.191 e. The van der Waals surface area contributed by atoms with Crippen LogP contribution in [0, 0.1) is 11.6 Å². The maximum atomic E-state index is 14.1. The number of hydrogen-bond donors (Lipinski definition) is 0. The van der Waals surface area contributed by atoms with E-state index in [9.17, 15) is 13.6 Å². The molecule has 1 fully saturated rings. The van der Waals surface area contributed by atoms with Crippen LogP contribution in [0.1, 0.15) is 23.4 Å². The molecule has 1 aliphatic heterocycles. The first kappa shape index (κ1) is 14.7. The quantitative estimate of drug-likeness (QED) is 0.810. The Morgan fingerprint density at radius 1 is 1.14 bits per heavy atom. The number of aldehydes is 1. The van der Waals surface area contributed by atoms with E-state index in [4.69, 9.17) is 13.9 Å². The molecule has 1 saturated heterocycles. The van der Waals surface area contributed by atoms with Gasteiger partial charge in [-0.25, -0.2) is 8.78 Å². The van der Waals surface area contributed by atoms with Crippen molar-refractivity contribution in [2.45, 2.75) is 18.9 Å². The maximum Gasteiger partial charge on any atom is 0.191 e. The highest BCUT2D eigenvalue weighted by molar-refractivity contribution is 5.72. The van der Waals surface area contributed by atoms with Crippen molar-refractivity contribution in [3.63, 3.8) is 0 Å². The lowest BCUT2D eigenvalue weighted by atomic mass is 10.1. The number of hydrogen-bond acceptors (Lipinski definition) is 4. The van der Waals surface area contributed by atoms with Crippen LogP contribution < -0.4 is 4.74 Å². The number of benzene rings is 1. The van der Waals surface area contributed by atoms with Crippen molar-refractivity contribution in [3.05, 3.63) is 41.7 Å². The average Bonchev–Trinajstić information content (AvgIpc) is 3.01. The highest BCUT2D eigenvalue weighted by atomic mass is 19.1. The summed E-state index contributed by atoms with van der Waals surface area (Å²) in [5.41, 5.74) is 0.211. The van der Waals surface area contributed by atoms with Gasteiger partial charge in [-0.3, -0.25) is 4.79 Å². The second-order valence-electron chi connectivity index (χ2n) is 5.02. The number of rotatable bonds is 4. The third-order valence-corrected chi connectivity index (χ3v) is 3.48. The summed E-state index contributed by atoms with van der Waals surface area (Å²) in [4.78, 5) is 10.6. The van der Waals surface area contributed by atoms with Crippen molar-refractivity contribution in [2.75, 3.05) is 13.2 Å². The van der Waals surface area contributed by atoms with Gasteiger partial charge in [-0.15, -0.1) is 0 Å². The lowest BCUT2D eigenvalue weighted by Gasteiger charge is -2.23. The second kappa shape index (κ2) is 6.27. The van der Waals surface area contributed by atoms with Crippen molar-refractivity contribution >= 4 is 6.29 Å². The van der Waals surface area contributed by atoms with Gasteiger partial charge in [-0.05, 0) is 24.3 Å². The summed E-state index contributed by atoms with van der Waals surface area (Å²) in [6, 6.07) is 5.18. The molecule has 0 amide bonds. The summed E-state index contributed by atoms with van der Waals surface area (Å²) in [7, 11) is 0. The summed E-state index contributed by atoms with van der Waals surface area (Å²) in [6.07, 6.45) is 1.47. The summed E-state index contributed by atoms with van der Waals surface area (Å²) in [5.74, 6) is -1.68. The fraction of sp³-hybridized carbons (Fsp3) is 0.312. The van der Waals surface area contributed by atoms with Gasteiger partial charge in [0, 0.05) is 18.4 Å². The zero-order chi connectivity index (χ0) is 15.5. The number of ether oxygens (including phenoxy) is 2. The molecule has 0 bridgehead atoms. The van der Waals surface area contributed by atoms with Crippen LogP contribution in [0.25, 0.3) is 11.3 Å². The molecule has 4 nitrogen and oxygen atoms in total. The van der Waals surface area contributed by atoms with Gasteiger partial charge in [0.15, 0.2) is 29.4 Å². The van der Waals surface area contributed by atoms with Gasteiger partial charge in [-0.1, -0.05) is 0 Å². The van der Waals surface area contributed by atoms with E-state index in [1.165, 1.54) is 12.1 Å². The molecule has 0 atom stereocenters. The molecular weight excluding hydrogens is 294 g/mol. The molecule has 3 rings (SSSR count). The van der Waals surface area contributed by atoms with Crippen LogP contribution in [0.5, 0.6) is 5.75 Å². The highest BCUT2D eigenvalue weighted by Gasteiger charge is 2.21. The van der Waals surface area contributed by atoms with Gasteiger partial charge in [0.2, 0.25) is 0 Å². The third kappa shape index (κ3) is 3.01. The summed E-state index contributed by atoms with van der Waals surface area (Å²) < 4.78 is 44.0. The van der Waals surface area contributed by atoms with Crippen LogP contribution in [-0.2, 0) is 4.74 Å². The van der Waals surface area contributed by atoms with Crippen molar-refractivity contribution in [2.24, 2.45) is 0 Å². The third-order valence-electron chi connectivity index (χ3n) is 3.48. The van der Waals surface area contributed by atoms with E-state index in [1.54, 1.807) is 0 Å². The molecule has 0 N–H and O–H groups in total. The first-order chi connectivity index (χ1) is 10.7. The van der Waals surface area contributed by atoms with E-state index in [-0.39, 0.29) is 23.2 Å². The van der Waals surface area contributed by atoms with Crippen LogP contribution in [0.15, 0.2) is 28.7 Å². The number of carbonyl (C=O) groups is 1. The monoisotopic (exact) mass is 308 g/mol. The summed E-state index contributed by atoms with van der Waals surface area (Å²) >= 11 is 0. The van der Waals surface area contributed by atoms with Gasteiger partial charge < -0.3 is 13.9 Å². The van der Waals surface area contributed by atoms with Gasteiger partial charge >= 0.3 is 0 Å². The average molecular weight is 308 g/mol. The zero-order valence-corrected chi connectivity index (χ0v) is 11.7. The first-order valence-corrected chi connectivity index (χ1v) is 6.96. The molecule has 0 unspecified atom stereocenters. The molecule has 2 aromatic rings. The normalized spacial score (nSPS) is 15.7. The lowest BCUT2D eigenvalue weighted by molar-refractivity contribution is 0.0223. The Balaban J connectivity index is 1.85. The number of furan rings is 1. The van der Waals surface area contributed by atoms with Crippen LogP contribution in [0.3, 0.4) is 0 Å². The Morgan fingerprint density at radius 2 is 1.82 bits per heavy atom. The Labute approximate surface area is 125 Å². The Hall–Kier alpha value is -2.21. The van der Waals surface area contributed by atoms with E-state index in [1.807, 2.05) is 0 Å². The van der Waals surface area contributed by atoms with Crippen LogP contribution in [-0.4, -0.2) is 25.6 Å². The fourth-order valence-electron chi connectivity index (χ4n) is 2.35. The standard InChI is InChI=1S/C16H14F2O4/c17-13-7-10(15-2-1-12(9-19)21-15)8-14(18)16(13)22-11-3-5-20-6-4-11/h1-2,7-9,11H,3-6H2. The number of carbonyl (C=O) groups excluding carboxylic acids is 1. The van der Waals surface area contributed by atoms with Crippen LogP contribution >= 0.6 is 0 Å². The molecule has 2 heterocycles. The van der Waals surface area contributed by atoms with E-state index in [2.05, 4.69) is 0 Å². The largest absolute Gasteiger partial charge is 0.484 e. The molecule has 0 spiro atoms. The molecule has 1 aliphatic rings. The topological polar surface area (TPSA) is 48.7 Å². The molecule has 22 heavy (non-hydrogen) atoms. The van der Waals surface area contributed by atoms with E-state index in [0.29, 0.717) is 32.3 Å². The van der Waals surface area contributed by atoms with Gasteiger partial charge in [0.05, 0.1) is 13.2 Å². The summed E-state index contributed by atoms with van der Waals surface area (Å²) in [6.45, 7) is 1.04. The SMILES string of the molecule is O=Cc1ccc(-c2cc(F)c(OC3CCOCC3)c(F)c2)o1. The number of halogens is 2. The van der Waals surface area contributed by atoms with Crippen LogP contribution in [0.4, 0.5) is 8.78 Å². The molecule has 0 saturated carbocycles. The van der Waals surface area contributed by atoms with E-state index in [0.717, 1.165) is 12.1 Å². The second-order valence-corrected chi connectivity index (χ2v) is 5.02. The maximum absolute atomic E-state index is 14.1. The molecule has 1 aromatic heterocycles. The van der Waals surface area contributed by atoms with Gasteiger partial charge in [0.1, 0.15) is 11.9 Å². The first-order valence-electron chi connectivity index (χ1n) is 6.96. The van der Waals surface area contributed by atoms with Gasteiger partial charge in [0.25, 0.3) is 0 Å². The zero-order valence-electron chi connectivity index (χ0n) is 11.7. The highest BCUT2D eigenvalue weighted by Crippen LogP contribution is 2.31. The minimum Gasteiger partial charge on any atom is -0.484 e. The van der Waals surface area contributed by atoms with Crippen molar-refractivity contribution in [1.29, 1.82) is 0 Å². The molecular formula is C16H14F2O4. The van der Waals surface area contributed by atoms with E-state index >= 15 is 0 Å². The minimum absolute atomic E-state index is 0.0957. The van der Waals surface area contributed by atoms with Gasteiger partial charge in [-0.2, -0.15) is 0 Å². The Kier molecular flexibility index (Phi) is 4.20. The Morgan fingerprint density at radius 3 is 2.41 bits per heavy atom. The van der Waals surface area contributed by atoms with E-state index < -0.39 is 17.4 Å².